The predicted octanol–water partition coefficient (Wildman–Crippen LogP) is 4.97. The standard InChI is InChI=1S/C24H19BrFN3O3/c1-13-4-7-18(8-5-13)29-23(31)19(22(30)27-24(29)32)11-16-10-14(2)28(15(16)3)21-9-6-17(25)12-20(21)26/h4-12H,1-3H3,(H,27,30,32)/b19-11+. The first-order valence-corrected chi connectivity index (χ1v) is 10.6. The lowest BCUT2D eigenvalue weighted by Gasteiger charge is -2.26. The van der Waals surface area contributed by atoms with E-state index in [0.29, 0.717) is 27.1 Å². The van der Waals surface area contributed by atoms with Gasteiger partial charge in [0.1, 0.15) is 11.4 Å². The van der Waals surface area contributed by atoms with E-state index in [1.807, 2.05) is 6.92 Å². The fraction of sp³-hybridized carbons (Fsp3) is 0.125. The summed E-state index contributed by atoms with van der Waals surface area (Å²) >= 11 is 3.25. The Bertz CT molecular complexity index is 1310. The summed E-state index contributed by atoms with van der Waals surface area (Å²) in [5, 5.41) is 2.22. The van der Waals surface area contributed by atoms with Crippen LogP contribution in [0.4, 0.5) is 14.9 Å². The summed E-state index contributed by atoms with van der Waals surface area (Å²) in [4.78, 5) is 38.9. The van der Waals surface area contributed by atoms with Crippen LogP contribution in [0.1, 0.15) is 22.5 Å². The van der Waals surface area contributed by atoms with Gasteiger partial charge in [-0.05, 0) is 68.8 Å². The summed E-state index contributed by atoms with van der Waals surface area (Å²) < 4.78 is 16.9. The van der Waals surface area contributed by atoms with Crippen molar-refractivity contribution in [3.8, 4) is 5.69 Å². The number of amides is 4. The van der Waals surface area contributed by atoms with Crippen LogP contribution in [0.2, 0.25) is 0 Å². The first-order chi connectivity index (χ1) is 15.2. The molecule has 1 aliphatic rings. The van der Waals surface area contributed by atoms with Crippen LogP contribution < -0.4 is 10.2 Å². The zero-order valence-corrected chi connectivity index (χ0v) is 19.2. The van der Waals surface area contributed by atoms with Crippen molar-refractivity contribution in [3.05, 3.63) is 86.9 Å². The van der Waals surface area contributed by atoms with E-state index in [-0.39, 0.29) is 5.57 Å². The number of rotatable bonds is 3. The van der Waals surface area contributed by atoms with Gasteiger partial charge in [-0.25, -0.2) is 14.1 Å². The minimum absolute atomic E-state index is 0.179. The molecule has 6 nitrogen and oxygen atoms in total. The quantitative estimate of drug-likeness (QED) is 0.411. The Labute approximate surface area is 192 Å². The molecule has 0 aliphatic carbocycles. The number of nitrogens with zero attached hydrogens (tertiary/aromatic N) is 2. The number of carbonyl (C=O) groups is 3. The number of hydrogen-bond donors (Lipinski definition) is 1. The summed E-state index contributed by atoms with van der Waals surface area (Å²) in [6.07, 6.45) is 1.43. The van der Waals surface area contributed by atoms with Gasteiger partial charge in [-0.15, -0.1) is 0 Å². The summed E-state index contributed by atoms with van der Waals surface area (Å²) in [6, 6.07) is 12.5. The molecule has 0 radical (unpaired) electrons. The molecule has 1 saturated heterocycles. The van der Waals surface area contributed by atoms with Crippen molar-refractivity contribution in [1.82, 2.24) is 9.88 Å². The molecule has 0 spiro atoms. The molecule has 1 aromatic heterocycles. The van der Waals surface area contributed by atoms with E-state index in [0.717, 1.165) is 16.2 Å². The molecule has 8 heteroatoms. The molecule has 2 aromatic carbocycles. The van der Waals surface area contributed by atoms with Crippen LogP contribution in [0.5, 0.6) is 0 Å². The number of aryl methyl sites for hydroxylation is 2. The fourth-order valence-electron chi connectivity index (χ4n) is 3.71. The topological polar surface area (TPSA) is 71.4 Å². The van der Waals surface area contributed by atoms with E-state index in [1.165, 1.54) is 12.1 Å². The first-order valence-electron chi connectivity index (χ1n) is 9.80. The Morgan fingerprint density at radius 2 is 1.66 bits per heavy atom. The van der Waals surface area contributed by atoms with E-state index < -0.39 is 23.7 Å². The van der Waals surface area contributed by atoms with Crippen molar-refractivity contribution in [2.24, 2.45) is 0 Å². The number of hydrogen-bond acceptors (Lipinski definition) is 3. The van der Waals surface area contributed by atoms with Crippen molar-refractivity contribution in [2.45, 2.75) is 20.8 Å². The summed E-state index contributed by atoms with van der Waals surface area (Å²) in [7, 11) is 0. The zero-order valence-electron chi connectivity index (χ0n) is 17.6. The van der Waals surface area contributed by atoms with Crippen LogP contribution in [0.25, 0.3) is 11.8 Å². The highest BCUT2D eigenvalue weighted by atomic mass is 79.9. The van der Waals surface area contributed by atoms with Gasteiger partial charge in [-0.2, -0.15) is 0 Å². The Balaban J connectivity index is 1.77. The van der Waals surface area contributed by atoms with Gasteiger partial charge >= 0.3 is 6.03 Å². The van der Waals surface area contributed by atoms with Gasteiger partial charge in [0, 0.05) is 15.9 Å². The van der Waals surface area contributed by atoms with Gasteiger partial charge in [-0.1, -0.05) is 33.6 Å². The number of carbonyl (C=O) groups excluding carboxylic acids is 3. The highest BCUT2D eigenvalue weighted by Crippen LogP contribution is 2.28. The van der Waals surface area contributed by atoms with Crippen LogP contribution in [0, 0.1) is 26.6 Å². The molecule has 4 amide bonds. The third-order valence-electron chi connectivity index (χ3n) is 5.31. The number of urea groups is 1. The predicted molar refractivity (Wildman–Crippen MR) is 123 cm³/mol. The number of barbiturate groups is 1. The maximum absolute atomic E-state index is 14.6. The van der Waals surface area contributed by atoms with E-state index >= 15 is 0 Å². The average Bonchev–Trinajstić information content (AvgIpc) is 3.00. The van der Waals surface area contributed by atoms with Crippen molar-refractivity contribution >= 4 is 45.5 Å². The number of anilines is 1. The van der Waals surface area contributed by atoms with Crippen molar-refractivity contribution in [3.63, 3.8) is 0 Å². The lowest BCUT2D eigenvalue weighted by Crippen LogP contribution is -2.54. The number of imide groups is 2. The Morgan fingerprint density at radius 1 is 0.969 bits per heavy atom. The van der Waals surface area contributed by atoms with Gasteiger partial charge in [0.05, 0.1) is 11.4 Å². The Hall–Kier alpha value is -3.52. The molecule has 1 N–H and O–H groups in total. The number of halogens is 2. The third-order valence-corrected chi connectivity index (χ3v) is 5.81. The fourth-order valence-corrected chi connectivity index (χ4v) is 4.04. The van der Waals surface area contributed by atoms with E-state index in [4.69, 9.17) is 0 Å². The second kappa shape index (κ2) is 8.20. The zero-order chi connectivity index (χ0) is 23.2. The first kappa shape index (κ1) is 21.7. The normalized spacial score (nSPS) is 15.5. The second-order valence-corrected chi connectivity index (χ2v) is 8.47. The largest absolute Gasteiger partial charge is 0.335 e. The van der Waals surface area contributed by atoms with Crippen LogP contribution in [0.3, 0.4) is 0 Å². The Kier molecular flexibility index (Phi) is 5.56. The maximum Gasteiger partial charge on any atom is 0.335 e. The molecule has 4 rings (SSSR count). The van der Waals surface area contributed by atoms with Gasteiger partial charge in [0.2, 0.25) is 0 Å². The van der Waals surface area contributed by atoms with Gasteiger partial charge in [0.15, 0.2) is 0 Å². The maximum atomic E-state index is 14.6. The molecular formula is C24H19BrFN3O3. The minimum atomic E-state index is -0.802. The summed E-state index contributed by atoms with van der Waals surface area (Å²) in [5.41, 5.74) is 3.45. The number of aromatic nitrogens is 1. The van der Waals surface area contributed by atoms with Crippen molar-refractivity contribution in [2.75, 3.05) is 4.90 Å². The number of nitrogens with one attached hydrogen (secondary N) is 1. The highest BCUT2D eigenvalue weighted by Gasteiger charge is 2.37. The van der Waals surface area contributed by atoms with Crippen molar-refractivity contribution < 1.29 is 18.8 Å². The molecular weight excluding hydrogens is 477 g/mol. The molecule has 1 aliphatic heterocycles. The average molecular weight is 496 g/mol. The molecule has 162 valence electrons. The molecule has 0 bridgehead atoms. The highest BCUT2D eigenvalue weighted by molar-refractivity contribution is 9.10. The smallest absolute Gasteiger partial charge is 0.315 e. The summed E-state index contributed by atoms with van der Waals surface area (Å²) in [5.74, 6) is -1.91. The van der Waals surface area contributed by atoms with Gasteiger partial charge < -0.3 is 4.57 Å². The second-order valence-electron chi connectivity index (χ2n) is 7.55. The molecule has 0 atom stereocenters. The van der Waals surface area contributed by atoms with Gasteiger partial charge in [0.25, 0.3) is 11.8 Å². The Morgan fingerprint density at radius 3 is 2.31 bits per heavy atom. The van der Waals surface area contributed by atoms with E-state index in [1.54, 1.807) is 60.9 Å². The van der Waals surface area contributed by atoms with Crippen LogP contribution >= 0.6 is 15.9 Å². The third kappa shape index (κ3) is 3.78. The monoisotopic (exact) mass is 495 g/mol. The molecule has 0 unspecified atom stereocenters. The molecule has 32 heavy (non-hydrogen) atoms. The molecule has 3 aromatic rings. The molecule has 2 heterocycles. The molecule has 1 fully saturated rings. The van der Waals surface area contributed by atoms with E-state index in [2.05, 4.69) is 21.2 Å². The lowest BCUT2D eigenvalue weighted by molar-refractivity contribution is -0.122. The van der Waals surface area contributed by atoms with Crippen LogP contribution in [-0.4, -0.2) is 22.4 Å². The van der Waals surface area contributed by atoms with E-state index in [9.17, 15) is 18.8 Å². The van der Waals surface area contributed by atoms with Gasteiger partial charge in [-0.3, -0.25) is 14.9 Å². The van der Waals surface area contributed by atoms with Crippen LogP contribution in [0.15, 0.2) is 58.6 Å². The summed E-state index contributed by atoms with van der Waals surface area (Å²) in [6.45, 7) is 5.47. The molecule has 0 saturated carbocycles. The SMILES string of the molecule is Cc1ccc(N2C(=O)NC(=O)/C(=C\c3cc(C)n(-c4ccc(Br)cc4F)c3C)C2=O)cc1. The van der Waals surface area contributed by atoms with Crippen LogP contribution in [-0.2, 0) is 9.59 Å². The lowest BCUT2D eigenvalue weighted by atomic mass is 10.1. The number of benzene rings is 2. The van der Waals surface area contributed by atoms with Crippen molar-refractivity contribution in [1.29, 1.82) is 0 Å². The minimum Gasteiger partial charge on any atom is -0.315 e.